The molecule has 0 radical (unpaired) electrons. The van der Waals surface area contributed by atoms with Crippen molar-refractivity contribution >= 4 is 55.8 Å². The predicted molar refractivity (Wildman–Crippen MR) is 168 cm³/mol. The first-order chi connectivity index (χ1) is 20.0. The number of fused-ring (bicyclic) bond motifs is 2. The summed E-state index contributed by atoms with van der Waals surface area (Å²) in [5.41, 5.74) is 11.5. The van der Waals surface area contributed by atoms with Crippen molar-refractivity contribution in [2.45, 2.75) is 18.9 Å². The van der Waals surface area contributed by atoms with Gasteiger partial charge in [0.25, 0.3) is 5.91 Å². The van der Waals surface area contributed by atoms with Crippen LogP contribution in [0.2, 0.25) is 0 Å². The van der Waals surface area contributed by atoms with E-state index in [4.69, 9.17) is 15.2 Å². The van der Waals surface area contributed by atoms with Gasteiger partial charge in [-0.25, -0.2) is 4.98 Å². The molecule has 1 aliphatic heterocycles. The molecule has 2 aromatic carbocycles. The average Bonchev–Trinajstić information content (AvgIpc) is 3.60. The lowest BCUT2D eigenvalue weighted by molar-refractivity contribution is 0.0789. The van der Waals surface area contributed by atoms with E-state index in [1.54, 1.807) is 18.4 Å². The van der Waals surface area contributed by atoms with Crippen molar-refractivity contribution in [1.29, 1.82) is 0 Å². The number of nitrogen functional groups attached to an aromatic ring is 1. The molecule has 4 N–H and O–H groups in total. The molecule has 0 bridgehead atoms. The number of carbonyl (C=O) groups is 1. The minimum absolute atomic E-state index is 0.202. The number of anilines is 2. The van der Waals surface area contributed by atoms with Crippen molar-refractivity contribution in [3.8, 4) is 16.9 Å². The molecule has 1 amide bonds. The third-order valence-corrected chi connectivity index (χ3v) is 8.67. The summed E-state index contributed by atoms with van der Waals surface area (Å²) in [6.07, 6.45) is 8.16. The number of hydrogen-bond donors (Lipinski definition) is 3. The van der Waals surface area contributed by atoms with Crippen LogP contribution in [0.1, 0.15) is 28.9 Å². The summed E-state index contributed by atoms with van der Waals surface area (Å²) >= 11 is 1.64. The van der Waals surface area contributed by atoms with E-state index in [-0.39, 0.29) is 5.91 Å². The van der Waals surface area contributed by atoms with E-state index in [1.807, 2.05) is 66.3 Å². The fraction of sp³-hybridized carbons (Fsp3) is 0.250. The number of para-hydroxylation sites is 1. The number of pyridine rings is 1. The smallest absolute Gasteiger partial charge is 0.272 e. The zero-order valence-electron chi connectivity index (χ0n) is 23.1. The lowest BCUT2D eigenvalue weighted by Gasteiger charge is -2.22. The number of carbonyl (C=O) groups excluding carboxylic acids is 1. The largest absolute Gasteiger partial charge is 0.495 e. The van der Waals surface area contributed by atoms with Crippen LogP contribution in [0.4, 0.5) is 11.5 Å². The Kier molecular flexibility index (Phi) is 7.74. The molecule has 5 aromatic rings. The number of nitrogens with zero attached hydrogens (tertiary/aromatic N) is 2. The first-order valence-corrected chi connectivity index (χ1v) is 14.6. The van der Waals surface area contributed by atoms with Crippen LogP contribution in [0.3, 0.4) is 0 Å². The SMILES string of the molecule is COc1cc(-c2csc3c(/C=C/CNC4CCOCC4)cnc(N)c23)ccc1NC(=O)c1cc2ccccc2n1C. The zero-order chi connectivity index (χ0) is 28.3. The Morgan fingerprint density at radius 2 is 2.05 bits per heavy atom. The summed E-state index contributed by atoms with van der Waals surface area (Å²) in [5.74, 6) is 0.850. The van der Waals surface area contributed by atoms with Gasteiger partial charge in [0.1, 0.15) is 17.3 Å². The maximum Gasteiger partial charge on any atom is 0.272 e. The van der Waals surface area contributed by atoms with E-state index in [1.165, 1.54) is 0 Å². The first kappa shape index (κ1) is 27.0. The standard InChI is InChI=1S/C32H33N5O3S/c1-37-26-8-4-3-6-21(26)16-27(37)32(38)36-25-10-9-20(17-28(25)39-2)24-19-41-30-22(18-35-31(33)29(24)30)7-5-13-34-23-11-14-40-15-12-23/h3-10,16-19,23,34H,11-15H2,1-2H3,(H2,33,35)(H,36,38)/b7-5+. The number of rotatable bonds is 8. The monoisotopic (exact) mass is 567 g/mol. The molecule has 41 heavy (non-hydrogen) atoms. The highest BCUT2D eigenvalue weighted by atomic mass is 32.1. The zero-order valence-corrected chi connectivity index (χ0v) is 24.0. The highest BCUT2D eigenvalue weighted by Gasteiger charge is 2.18. The van der Waals surface area contributed by atoms with Crippen molar-refractivity contribution in [1.82, 2.24) is 14.9 Å². The highest BCUT2D eigenvalue weighted by Crippen LogP contribution is 2.41. The molecule has 6 rings (SSSR count). The highest BCUT2D eigenvalue weighted by molar-refractivity contribution is 7.18. The number of ether oxygens (including phenoxy) is 2. The van der Waals surface area contributed by atoms with Crippen LogP contribution in [0.25, 0.3) is 38.2 Å². The van der Waals surface area contributed by atoms with E-state index in [0.29, 0.717) is 29.0 Å². The molecule has 1 fully saturated rings. The fourth-order valence-corrected chi connectivity index (χ4v) is 6.47. The van der Waals surface area contributed by atoms with Gasteiger partial charge in [-0.2, -0.15) is 0 Å². The molecule has 9 heteroatoms. The number of benzene rings is 2. The van der Waals surface area contributed by atoms with E-state index < -0.39 is 0 Å². The minimum atomic E-state index is -0.202. The Balaban J connectivity index is 1.24. The summed E-state index contributed by atoms with van der Waals surface area (Å²) in [4.78, 5) is 17.7. The normalized spacial score (nSPS) is 14.3. The first-order valence-electron chi connectivity index (χ1n) is 13.7. The Hall–Kier alpha value is -4.18. The van der Waals surface area contributed by atoms with Crippen LogP contribution in [0.5, 0.6) is 5.75 Å². The molecule has 1 aliphatic rings. The van der Waals surface area contributed by atoms with E-state index >= 15 is 0 Å². The van der Waals surface area contributed by atoms with Crippen molar-refractivity contribution < 1.29 is 14.3 Å². The minimum Gasteiger partial charge on any atom is -0.495 e. The molecule has 0 unspecified atom stereocenters. The Bertz CT molecular complexity index is 1750. The summed E-state index contributed by atoms with van der Waals surface area (Å²) in [7, 11) is 3.49. The fourth-order valence-electron chi connectivity index (χ4n) is 5.40. The average molecular weight is 568 g/mol. The summed E-state index contributed by atoms with van der Waals surface area (Å²) in [6.45, 7) is 2.44. The maximum absolute atomic E-state index is 13.2. The lowest BCUT2D eigenvalue weighted by Crippen LogP contribution is -2.34. The molecular formula is C32H33N5O3S. The lowest BCUT2D eigenvalue weighted by atomic mass is 10.0. The van der Waals surface area contributed by atoms with Gasteiger partial charge >= 0.3 is 0 Å². The third-order valence-electron chi connectivity index (χ3n) is 7.64. The molecule has 3 aromatic heterocycles. The van der Waals surface area contributed by atoms with Gasteiger partial charge in [-0.3, -0.25) is 4.79 Å². The predicted octanol–water partition coefficient (Wildman–Crippen LogP) is 6.08. The number of methoxy groups -OCH3 is 1. The van der Waals surface area contributed by atoms with Gasteiger partial charge in [0, 0.05) is 71.2 Å². The van der Waals surface area contributed by atoms with Gasteiger partial charge in [-0.05, 0) is 48.1 Å². The van der Waals surface area contributed by atoms with Crippen LogP contribution in [-0.2, 0) is 11.8 Å². The van der Waals surface area contributed by atoms with Gasteiger partial charge < -0.3 is 30.4 Å². The number of amides is 1. The van der Waals surface area contributed by atoms with Crippen molar-refractivity contribution in [2.24, 2.45) is 7.05 Å². The molecule has 1 saturated heterocycles. The second-order valence-corrected chi connectivity index (χ2v) is 11.0. The number of nitrogens with two attached hydrogens (primary N) is 1. The van der Waals surface area contributed by atoms with Gasteiger partial charge in [-0.1, -0.05) is 36.4 Å². The Morgan fingerprint density at radius 1 is 1.22 bits per heavy atom. The molecule has 0 saturated carbocycles. The third kappa shape index (κ3) is 5.44. The second kappa shape index (κ2) is 11.7. The van der Waals surface area contributed by atoms with Crippen LogP contribution in [-0.4, -0.2) is 48.4 Å². The summed E-state index contributed by atoms with van der Waals surface area (Å²) < 4.78 is 14.1. The number of thiophene rings is 1. The number of nitrogens with one attached hydrogen (secondary N) is 2. The summed E-state index contributed by atoms with van der Waals surface area (Å²) in [6, 6.07) is 16.1. The van der Waals surface area contributed by atoms with Crippen LogP contribution < -0.4 is 21.1 Å². The number of aromatic nitrogens is 2. The maximum atomic E-state index is 13.2. The molecule has 8 nitrogen and oxygen atoms in total. The molecule has 0 spiro atoms. The van der Waals surface area contributed by atoms with Crippen molar-refractivity contribution in [2.75, 3.05) is 37.9 Å². The van der Waals surface area contributed by atoms with Crippen LogP contribution in [0, 0.1) is 0 Å². The van der Waals surface area contributed by atoms with Gasteiger partial charge in [0.05, 0.1) is 12.8 Å². The molecular weight excluding hydrogens is 534 g/mol. The second-order valence-electron chi connectivity index (χ2n) is 10.2. The molecule has 4 heterocycles. The van der Waals surface area contributed by atoms with Crippen molar-refractivity contribution in [3.05, 3.63) is 77.4 Å². The molecule has 0 atom stereocenters. The Labute approximate surface area is 242 Å². The van der Waals surface area contributed by atoms with Gasteiger partial charge in [0.2, 0.25) is 0 Å². The molecule has 0 aliphatic carbocycles. The molecule has 210 valence electrons. The quantitative estimate of drug-likeness (QED) is 0.210. The van der Waals surface area contributed by atoms with E-state index in [0.717, 1.165) is 70.3 Å². The van der Waals surface area contributed by atoms with Crippen molar-refractivity contribution in [3.63, 3.8) is 0 Å². The van der Waals surface area contributed by atoms with Crippen LogP contribution in [0.15, 0.2) is 66.2 Å². The van der Waals surface area contributed by atoms with E-state index in [2.05, 4.69) is 33.1 Å². The Morgan fingerprint density at radius 3 is 2.85 bits per heavy atom. The van der Waals surface area contributed by atoms with Gasteiger partial charge in [-0.15, -0.1) is 11.3 Å². The van der Waals surface area contributed by atoms with E-state index in [9.17, 15) is 4.79 Å². The number of hydrogen-bond acceptors (Lipinski definition) is 7. The van der Waals surface area contributed by atoms with Crippen LogP contribution >= 0.6 is 11.3 Å². The summed E-state index contributed by atoms with van der Waals surface area (Å²) in [5, 5.41) is 10.6. The number of aryl methyl sites for hydroxylation is 1. The topological polar surface area (TPSA) is 103 Å². The van der Waals surface area contributed by atoms with Gasteiger partial charge in [0.15, 0.2) is 0 Å².